The van der Waals surface area contributed by atoms with E-state index < -0.39 is 22.7 Å². The van der Waals surface area contributed by atoms with Crippen molar-refractivity contribution in [2.45, 2.75) is 13.3 Å². The number of hydrogen-bond donors (Lipinski definition) is 1. The molecule has 0 aliphatic carbocycles. The lowest BCUT2D eigenvalue weighted by atomic mass is 10.2. The van der Waals surface area contributed by atoms with E-state index in [1.165, 1.54) is 6.20 Å². The maximum atomic E-state index is 12.2. The number of nitrogens with zero attached hydrogens (tertiary/aromatic N) is 4. The minimum absolute atomic E-state index is 0.0316. The lowest BCUT2D eigenvalue weighted by Gasteiger charge is -2.09. The zero-order valence-electron chi connectivity index (χ0n) is 11.6. The maximum Gasteiger partial charge on any atom is 0.573 e. The van der Waals surface area contributed by atoms with Crippen LogP contribution in [0.4, 0.5) is 24.8 Å². The van der Waals surface area contributed by atoms with E-state index in [1.807, 2.05) is 0 Å². The van der Waals surface area contributed by atoms with Gasteiger partial charge in [0.05, 0.1) is 28.6 Å². The van der Waals surface area contributed by atoms with Crippen molar-refractivity contribution in [3.8, 4) is 5.75 Å². The van der Waals surface area contributed by atoms with Crippen LogP contribution in [0.25, 0.3) is 0 Å². The molecule has 2 rings (SSSR count). The van der Waals surface area contributed by atoms with Gasteiger partial charge in [0.25, 0.3) is 5.69 Å². The molecule has 23 heavy (non-hydrogen) atoms. The number of alkyl halides is 3. The summed E-state index contributed by atoms with van der Waals surface area (Å²) in [5.74, 6) is -0.566. The Morgan fingerprint density at radius 2 is 2.17 bits per heavy atom. The van der Waals surface area contributed by atoms with Gasteiger partial charge in [0.15, 0.2) is 0 Å². The van der Waals surface area contributed by atoms with Crippen molar-refractivity contribution < 1.29 is 22.8 Å². The molecule has 0 aliphatic heterocycles. The van der Waals surface area contributed by atoms with Gasteiger partial charge in [-0.05, 0) is 19.1 Å². The van der Waals surface area contributed by atoms with Gasteiger partial charge in [0, 0.05) is 6.07 Å². The normalized spacial score (nSPS) is 11.8. The molecule has 1 aromatic heterocycles. The van der Waals surface area contributed by atoms with Gasteiger partial charge >= 0.3 is 6.36 Å². The van der Waals surface area contributed by atoms with Crippen molar-refractivity contribution in [3.63, 3.8) is 0 Å². The van der Waals surface area contributed by atoms with Crippen molar-refractivity contribution >= 4 is 17.9 Å². The summed E-state index contributed by atoms with van der Waals surface area (Å²) < 4.78 is 41.5. The fourth-order valence-electron chi connectivity index (χ4n) is 1.72. The van der Waals surface area contributed by atoms with Gasteiger partial charge in [-0.1, -0.05) is 0 Å². The molecule has 0 unspecified atom stereocenters. The van der Waals surface area contributed by atoms with Crippen LogP contribution < -0.4 is 10.5 Å². The van der Waals surface area contributed by atoms with Crippen LogP contribution in [-0.4, -0.2) is 27.2 Å². The Kier molecular flexibility index (Phi) is 4.20. The Labute approximate surface area is 127 Å². The van der Waals surface area contributed by atoms with Gasteiger partial charge in [0.2, 0.25) is 5.95 Å². The first-order valence-electron chi connectivity index (χ1n) is 6.06. The van der Waals surface area contributed by atoms with E-state index in [0.29, 0.717) is 5.69 Å². The summed E-state index contributed by atoms with van der Waals surface area (Å²) in [5, 5.41) is 14.8. The van der Waals surface area contributed by atoms with E-state index in [2.05, 4.69) is 14.8 Å². The standard InChI is InChI=1S/C12H10F3N5O3/c1-7-6-19(11(16)18-7)17-5-8-4-9(23-12(13,14)15)2-3-10(8)20(21)22/h2-6H,1H3,(H2,16,18). The second-order valence-electron chi connectivity index (χ2n) is 4.36. The molecular weight excluding hydrogens is 319 g/mol. The molecule has 2 aromatic rings. The van der Waals surface area contributed by atoms with Crippen LogP contribution in [0.3, 0.4) is 0 Å². The fourth-order valence-corrected chi connectivity index (χ4v) is 1.72. The molecule has 0 saturated carbocycles. The Balaban J connectivity index is 2.39. The summed E-state index contributed by atoms with van der Waals surface area (Å²) >= 11 is 0. The van der Waals surface area contributed by atoms with Crippen molar-refractivity contribution in [1.82, 2.24) is 9.66 Å². The molecule has 122 valence electrons. The van der Waals surface area contributed by atoms with Gasteiger partial charge < -0.3 is 10.5 Å². The third-order valence-electron chi connectivity index (χ3n) is 2.59. The monoisotopic (exact) mass is 329 g/mol. The average molecular weight is 329 g/mol. The SMILES string of the molecule is Cc1cn(N=Cc2cc(OC(F)(F)F)ccc2[N+](=O)[O-])c(N)n1. The lowest BCUT2D eigenvalue weighted by molar-refractivity contribution is -0.385. The van der Waals surface area contributed by atoms with Gasteiger partial charge in [-0.15, -0.1) is 13.2 Å². The number of anilines is 1. The minimum atomic E-state index is -4.91. The number of nitro benzene ring substituents is 1. The summed E-state index contributed by atoms with van der Waals surface area (Å²) in [4.78, 5) is 14.1. The molecule has 0 aliphatic rings. The predicted molar refractivity (Wildman–Crippen MR) is 74.1 cm³/mol. The summed E-state index contributed by atoms with van der Waals surface area (Å²) in [6, 6.07) is 2.60. The lowest BCUT2D eigenvalue weighted by Crippen LogP contribution is -2.17. The minimum Gasteiger partial charge on any atom is -0.406 e. The summed E-state index contributed by atoms with van der Waals surface area (Å²) in [7, 11) is 0. The van der Waals surface area contributed by atoms with E-state index in [1.54, 1.807) is 6.92 Å². The topological polar surface area (TPSA) is 109 Å². The third-order valence-corrected chi connectivity index (χ3v) is 2.59. The highest BCUT2D eigenvalue weighted by molar-refractivity contribution is 5.86. The van der Waals surface area contributed by atoms with Gasteiger partial charge in [-0.25, -0.2) is 9.66 Å². The zero-order valence-corrected chi connectivity index (χ0v) is 11.6. The Morgan fingerprint density at radius 1 is 1.48 bits per heavy atom. The van der Waals surface area contributed by atoms with Crippen molar-refractivity contribution in [2.75, 3.05) is 5.73 Å². The molecule has 11 heteroatoms. The van der Waals surface area contributed by atoms with Gasteiger partial charge in [-0.2, -0.15) is 5.10 Å². The van der Waals surface area contributed by atoms with E-state index in [9.17, 15) is 23.3 Å². The second-order valence-corrected chi connectivity index (χ2v) is 4.36. The Hall–Kier alpha value is -3.11. The number of ether oxygens (including phenoxy) is 1. The van der Waals surface area contributed by atoms with Crippen LogP contribution in [0.2, 0.25) is 0 Å². The van der Waals surface area contributed by atoms with Crippen molar-refractivity contribution in [2.24, 2.45) is 5.10 Å². The molecule has 0 atom stereocenters. The Morgan fingerprint density at radius 3 is 2.70 bits per heavy atom. The smallest absolute Gasteiger partial charge is 0.406 e. The molecule has 8 nitrogen and oxygen atoms in total. The second kappa shape index (κ2) is 5.94. The molecule has 0 spiro atoms. The van der Waals surface area contributed by atoms with Crippen molar-refractivity contribution in [1.29, 1.82) is 0 Å². The highest BCUT2D eigenvalue weighted by Gasteiger charge is 2.31. The first-order valence-corrected chi connectivity index (χ1v) is 6.06. The first kappa shape index (κ1) is 16.3. The van der Waals surface area contributed by atoms with E-state index >= 15 is 0 Å². The highest BCUT2D eigenvalue weighted by atomic mass is 19.4. The van der Waals surface area contributed by atoms with E-state index in [4.69, 9.17) is 5.73 Å². The number of halogens is 3. The molecule has 0 amide bonds. The molecule has 0 saturated heterocycles. The number of aryl methyl sites for hydroxylation is 1. The number of aromatic nitrogens is 2. The average Bonchev–Trinajstić information content (AvgIpc) is 2.72. The molecule has 1 aromatic carbocycles. The third kappa shape index (κ3) is 4.18. The summed E-state index contributed by atoms with van der Waals surface area (Å²) in [6.07, 6.45) is -2.46. The predicted octanol–water partition coefficient (Wildman–Crippen LogP) is 2.46. The van der Waals surface area contributed by atoms with Crippen molar-refractivity contribution in [3.05, 3.63) is 45.8 Å². The number of imidazole rings is 1. The number of rotatable bonds is 4. The van der Waals surface area contributed by atoms with E-state index in [0.717, 1.165) is 29.1 Å². The molecule has 0 radical (unpaired) electrons. The maximum absolute atomic E-state index is 12.2. The van der Waals surface area contributed by atoms with Crippen LogP contribution in [0.15, 0.2) is 29.5 Å². The molecule has 0 bridgehead atoms. The quantitative estimate of drug-likeness (QED) is 0.526. The molecule has 1 heterocycles. The van der Waals surface area contributed by atoms with Crippen LogP contribution in [0, 0.1) is 17.0 Å². The largest absolute Gasteiger partial charge is 0.573 e. The van der Waals surface area contributed by atoms with Crippen LogP contribution in [0.1, 0.15) is 11.3 Å². The number of hydrogen-bond acceptors (Lipinski definition) is 6. The first-order chi connectivity index (χ1) is 10.7. The summed E-state index contributed by atoms with van der Waals surface area (Å²) in [6.45, 7) is 1.66. The number of nitrogens with two attached hydrogens (primary N) is 1. The number of nitrogen functional groups attached to an aromatic ring is 1. The van der Waals surface area contributed by atoms with Crippen LogP contribution in [-0.2, 0) is 0 Å². The van der Waals surface area contributed by atoms with E-state index in [-0.39, 0.29) is 11.5 Å². The number of benzene rings is 1. The van der Waals surface area contributed by atoms with Gasteiger partial charge in [0.1, 0.15) is 5.75 Å². The molecule has 0 fully saturated rings. The van der Waals surface area contributed by atoms with Crippen LogP contribution >= 0.6 is 0 Å². The summed E-state index contributed by atoms with van der Waals surface area (Å²) in [5.41, 5.74) is 5.50. The Bertz CT molecular complexity index is 770. The fraction of sp³-hybridized carbons (Fsp3) is 0.167. The molecule has 2 N–H and O–H groups in total. The zero-order chi connectivity index (χ0) is 17.2. The number of nitro groups is 1. The molecular formula is C12H10F3N5O3. The highest BCUT2D eigenvalue weighted by Crippen LogP contribution is 2.27. The van der Waals surface area contributed by atoms with Crippen LogP contribution in [0.5, 0.6) is 5.75 Å². The van der Waals surface area contributed by atoms with Gasteiger partial charge in [-0.3, -0.25) is 10.1 Å².